The van der Waals surface area contributed by atoms with Gasteiger partial charge in [-0.25, -0.2) is 13.9 Å². The van der Waals surface area contributed by atoms with Gasteiger partial charge in [-0.1, -0.05) is 47.7 Å². The number of amides is 2. The maximum atomic E-state index is 13.2. The average molecular weight is 479 g/mol. The van der Waals surface area contributed by atoms with Crippen LogP contribution in [0.3, 0.4) is 0 Å². The molecule has 0 spiro atoms. The van der Waals surface area contributed by atoms with E-state index in [1.807, 2.05) is 22.9 Å². The molecule has 184 valence electrons. The number of carbonyl (C=O) groups excluding carboxylic acids is 1. The Bertz CT molecular complexity index is 1110. The van der Waals surface area contributed by atoms with Crippen LogP contribution in [0, 0.1) is 5.82 Å². The molecule has 0 unspecified atom stereocenters. The summed E-state index contributed by atoms with van der Waals surface area (Å²) in [7, 11) is 0. The predicted molar refractivity (Wildman–Crippen MR) is 129 cm³/mol. The summed E-state index contributed by atoms with van der Waals surface area (Å²) < 4.78 is 21.2. The summed E-state index contributed by atoms with van der Waals surface area (Å²) in [6, 6.07) is 16.6. The number of carbonyl (C=O) groups is 1. The van der Waals surface area contributed by atoms with E-state index in [-0.39, 0.29) is 24.0 Å². The maximum absolute atomic E-state index is 13.2. The highest BCUT2D eigenvalue weighted by Gasteiger charge is 2.27. The van der Waals surface area contributed by atoms with E-state index >= 15 is 0 Å². The first-order valence-corrected chi connectivity index (χ1v) is 12.2. The Labute approximate surface area is 204 Å². The van der Waals surface area contributed by atoms with E-state index in [1.54, 1.807) is 12.1 Å². The first kappa shape index (κ1) is 23.4. The smallest absolute Gasteiger partial charge is 0.315 e. The van der Waals surface area contributed by atoms with Gasteiger partial charge in [0.25, 0.3) is 0 Å². The van der Waals surface area contributed by atoms with E-state index in [4.69, 9.17) is 4.74 Å². The molecule has 0 saturated carbocycles. The number of nitrogens with one attached hydrogen (secondary N) is 2. The van der Waals surface area contributed by atoms with Gasteiger partial charge >= 0.3 is 6.03 Å². The summed E-state index contributed by atoms with van der Waals surface area (Å²) in [6.07, 6.45) is 2.47. The van der Waals surface area contributed by atoms with Gasteiger partial charge in [-0.15, -0.1) is 5.10 Å². The molecule has 5 rings (SSSR count). The van der Waals surface area contributed by atoms with Crippen molar-refractivity contribution in [2.75, 3.05) is 19.6 Å². The number of aromatic nitrogens is 3. The van der Waals surface area contributed by atoms with Crippen LogP contribution in [-0.4, -0.2) is 51.6 Å². The van der Waals surface area contributed by atoms with Crippen molar-refractivity contribution in [2.45, 2.75) is 51.1 Å². The highest BCUT2D eigenvalue weighted by Crippen LogP contribution is 2.27. The summed E-state index contributed by atoms with van der Waals surface area (Å²) in [5.41, 5.74) is 4.09. The fraction of sp³-hybridized carbons (Fsp3) is 0.423. The molecule has 0 radical (unpaired) electrons. The molecule has 9 heteroatoms. The van der Waals surface area contributed by atoms with Crippen molar-refractivity contribution in [1.82, 2.24) is 30.5 Å². The highest BCUT2D eigenvalue weighted by atomic mass is 19.1. The lowest BCUT2D eigenvalue weighted by molar-refractivity contribution is -0.00219. The second-order valence-corrected chi connectivity index (χ2v) is 9.20. The molecule has 3 aromatic rings. The number of piperidine rings is 1. The minimum atomic E-state index is -0.254. The van der Waals surface area contributed by atoms with Crippen molar-refractivity contribution < 1.29 is 13.9 Å². The number of hydrogen-bond donors (Lipinski definition) is 2. The van der Waals surface area contributed by atoms with Crippen LogP contribution in [0.4, 0.5) is 9.18 Å². The van der Waals surface area contributed by atoms with Crippen molar-refractivity contribution >= 4 is 6.03 Å². The SMILES string of the molecule is O=C(NCCc1ccccc1)NC1CCN(Cc2nnn3c2CO[C@@H](c2ccc(F)cc2)C3)CC1. The Balaban J connectivity index is 1.05. The first-order chi connectivity index (χ1) is 17.1. The molecule has 1 aromatic heterocycles. The molecule has 0 bridgehead atoms. The predicted octanol–water partition coefficient (Wildman–Crippen LogP) is 3.20. The summed E-state index contributed by atoms with van der Waals surface area (Å²) >= 11 is 0. The Hall–Kier alpha value is -3.30. The number of likely N-dealkylation sites (tertiary alicyclic amines) is 1. The Morgan fingerprint density at radius 2 is 1.86 bits per heavy atom. The minimum absolute atomic E-state index is 0.0976. The highest BCUT2D eigenvalue weighted by molar-refractivity contribution is 5.74. The van der Waals surface area contributed by atoms with Crippen LogP contribution in [0.25, 0.3) is 0 Å². The zero-order chi connectivity index (χ0) is 24.0. The maximum Gasteiger partial charge on any atom is 0.315 e. The standard InChI is InChI=1S/C26H31FN6O2/c27-21-8-6-20(7-9-21)25-17-33-24(18-35-25)23(30-31-33)16-32-14-11-22(12-15-32)29-26(34)28-13-10-19-4-2-1-3-5-19/h1-9,22,25H,10-18H2,(H2,28,29,34)/t25-/m1/s1. The van der Waals surface area contributed by atoms with Crippen LogP contribution in [0.15, 0.2) is 54.6 Å². The van der Waals surface area contributed by atoms with Crippen molar-refractivity contribution in [3.05, 3.63) is 82.9 Å². The number of ether oxygens (including phenoxy) is 1. The fourth-order valence-electron chi connectivity index (χ4n) is 4.71. The zero-order valence-electron chi connectivity index (χ0n) is 19.7. The molecular formula is C26H31FN6O2. The van der Waals surface area contributed by atoms with E-state index in [0.29, 0.717) is 19.7 Å². The second-order valence-electron chi connectivity index (χ2n) is 9.20. The molecular weight excluding hydrogens is 447 g/mol. The Morgan fingerprint density at radius 3 is 2.63 bits per heavy atom. The van der Waals surface area contributed by atoms with E-state index in [1.165, 1.54) is 17.7 Å². The third-order valence-electron chi connectivity index (χ3n) is 6.76. The number of urea groups is 1. The molecule has 3 heterocycles. The number of rotatable bonds is 7. The molecule has 2 aliphatic heterocycles. The third-order valence-corrected chi connectivity index (χ3v) is 6.76. The number of nitrogens with zero attached hydrogens (tertiary/aromatic N) is 4. The minimum Gasteiger partial charge on any atom is -0.365 e. The summed E-state index contributed by atoms with van der Waals surface area (Å²) in [4.78, 5) is 14.6. The number of benzene rings is 2. The van der Waals surface area contributed by atoms with Crippen LogP contribution >= 0.6 is 0 Å². The molecule has 2 aliphatic rings. The van der Waals surface area contributed by atoms with Crippen molar-refractivity contribution in [3.8, 4) is 0 Å². The summed E-state index contributed by atoms with van der Waals surface area (Å²) in [5, 5.41) is 14.8. The lowest BCUT2D eigenvalue weighted by atomic mass is 10.0. The lowest BCUT2D eigenvalue weighted by Gasteiger charge is -2.32. The van der Waals surface area contributed by atoms with Gasteiger partial charge < -0.3 is 15.4 Å². The number of halogens is 1. The molecule has 2 amide bonds. The largest absolute Gasteiger partial charge is 0.365 e. The number of hydrogen-bond acceptors (Lipinski definition) is 5. The Kier molecular flexibility index (Phi) is 7.34. The normalized spacial score (nSPS) is 18.7. The molecule has 2 N–H and O–H groups in total. The van der Waals surface area contributed by atoms with Gasteiger partial charge in [0.1, 0.15) is 17.6 Å². The summed E-state index contributed by atoms with van der Waals surface area (Å²) in [5.74, 6) is -0.254. The van der Waals surface area contributed by atoms with E-state index in [2.05, 4.69) is 38.0 Å². The van der Waals surface area contributed by atoms with Crippen molar-refractivity contribution in [2.24, 2.45) is 0 Å². The van der Waals surface area contributed by atoms with Gasteiger partial charge in [-0.3, -0.25) is 4.90 Å². The van der Waals surface area contributed by atoms with Crippen molar-refractivity contribution in [1.29, 1.82) is 0 Å². The molecule has 8 nitrogen and oxygen atoms in total. The third kappa shape index (κ3) is 6.04. The molecule has 0 aliphatic carbocycles. The van der Waals surface area contributed by atoms with Gasteiger partial charge in [0, 0.05) is 32.2 Å². The topological polar surface area (TPSA) is 84.3 Å². The van der Waals surface area contributed by atoms with Crippen LogP contribution < -0.4 is 10.6 Å². The van der Waals surface area contributed by atoms with Gasteiger partial charge in [0.05, 0.1) is 18.8 Å². The molecule has 2 aromatic carbocycles. The van der Waals surface area contributed by atoms with Gasteiger partial charge in [0.2, 0.25) is 0 Å². The second kappa shape index (κ2) is 11.0. The Morgan fingerprint density at radius 1 is 1.09 bits per heavy atom. The van der Waals surface area contributed by atoms with Crippen LogP contribution in [0.5, 0.6) is 0 Å². The van der Waals surface area contributed by atoms with E-state index in [9.17, 15) is 9.18 Å². The molecule has 1 fully saturated rings. The monoisotopic (exact) mass is 478 g/mol. The lowest BCUT2D eigenvalue weighted by Crippen LogP contribution is -2.48. The molecule has 35 heavy (non-hydrogen) atoms. The van der Waals surface area contributed by atoms with Crippen LogP contribution in [0.1, 0.15) is 41.5 Å². The average Bonchev–Trinajstić information content (AvgIpc) is 3.28. The van der Waals surface area contributed by atoms with Gasteiger partial charge in [-0.2, -0.15) is 0 Å². The molecule has 1 atom stereocenters. The fourth-order valence-corrected chi connectivity index (χ4v) is 4.71. The number of fused-ring (bicyclic) bond motifs is 1. The zero-order valence-corrected chi connectivity index (χ0v) is 19.7. The van der Waals surface area contributed by atoms with Crippen LogP contribution in [0.2, 0.25) is 0 Å². The molecule has 1 saturated heterocycles. The van der Waals surface area contributed by atoms with E-state index < -0.39 is 0 Å². The first-order valence-electron chi connectivity index (χ1n) is 12.2. The van der Waals surface area contributed by atoms with Gasteiger partial charge in [-0.05, 0) is 42.5 Å². The van der Waals surface area contributed by atoms with Crippen molar-refractivity contribution in [3.63, 3.8) is 0 Å². The van der Waals surface area contributed by atoms with Crippen LogP contribution in [-0.2, 0) is 30.9 Å². The quantitative estimate of drug-likeness (QED) is 0.545. The van der Waals surface area contributed by atoms with Gasteiger partial charge in [0.15, 0.2) is 0 Å². The summed E-state index contributed by atoms with van der Waals surface area (Å²) in [6.45, 7) is 4.12. The van der Waals surface area contributed by atoms with E-state index in [0.717, 1.165) is 55.8 Å².